The summed E-state index contributed by atoms with van der Waals surface area (Å²) in [5, 5.41) is 2.46. The van der Waals surface area contributed by atoms with Crippen molar-refractivity contribution in [2.45, 2.75) is 0 Å². The summed E-state index contributed by atoms with van der Waals surface area (Å²) in [6.07, 6.45) is 0. The van der Waals surface area contributed by atoms with Gasteiger partial charge >= 0.3 is 0 Å². The van der Waals surface area contributed by atoms with Crippen LogP contribution in [0.15, 0.2) is 24.3 Å². The number of hydrogen-bond donors (Lipinski definition) is 1. The topological polar surface area (TPSA) is 38.3 Å². The Bertz CT molecular complexity index is 246. The van der Waals surface area contributed by atoms with E-state index in [0.717, 1.165) is 0 Å². The van der Waals surface area contributed by atoms with E-state index >= 15 is 0 Å². The second kappa shape index (κ2) is 4.38. The molecule has 0 aliphatic rings. The molecule has 0 atom stereocenters. The summed E-state index contributed by atoms with van der Waals surface area (Å²) < 4.78 is 5.09. The van der Waals surface area contributed by atoms with Crippen LogP contribution in [0.2, 0.25) is 0 Å². The van der Waals surface area contributed by atoms with Crippen molar-refractivity contribution in [3.8, 4) is 5.75 Å². The van der Waals surface area contributed by atoms with E-state index < -0.39 is 0 Å². The Balaban J connectivity index is 2.38. The lowest BCUT2D eigenvalue weighted by atomic mass is 10.3. The maximum atomic E-state index is 10.7. The normalized spacial score (nSPS) is 9.08. The van der Waals surface area contributed by atoms with Crippen LogP contribution >= 0.6 is 0 Å². The van der Waals surface area contributed by atoms with Crippen molar-refractivity contribution in [3.63, 3.8) is 0 Å². The second-order valence-corrected chi connectivity index (χ2v) is 2.19. The number of nitrogens with one attached hydrogen (secondary N) is 1. The molecule has 1 amide bonds. The summed E-state index contributed by atoms with van der Waals surface area (Å²) >= 11 is 0. The summed E-state index contributed by atoms with van der Waals surface area (Å²) in [4.78, 5) is 10.7. The van der Waals surface area contributed by atoms with Crippen molar-refractivity contribution >= 4 is 5.91 Å². The molecule has 0 heterocycles. The zero-order chi connectivity index (χ0) is 8.81. The fourth-order valence-corrected chi connectivity index (χ4v) is 0.682. The van der Waals surface area contributed by atoms with E-state index in [-0.39, 0.29) is 12.5 Å². The standard InChI is InChI=1S/C9H10NO2/c1-10-9(11)7-12-8-5-3-2-4-6-8/h2-5H,7H2,1H3,(H,10,11). The van der Waals surface area contributed by atoms with Gasteiger partial charge in [0.2, 0.25) is 0 Å². The lowest BCUT2D eigenvalue weighted by Gasteiger charge is -2.02. The molecule has 63 valence electrons. The van der Waals surface area contributed by atoms with Crippen molar-refractivity contribution in [2.75, 3.05) is 13.7 Å². The summed E-state index contributed by atoms with van der Waals surface area (Å²) in [6.45, 7) is 0.0387. The summed E-state index contributed by atoms with van der Waals surface area (Å²) in [5.74, 6) is 0.438. The molecular weight excluding hydrogens is 154 g/mol. The van der Waals surface area contributed by atoms with Crippen LogP contribution in [-0.2, 0) is 4.79 Å². The quantitative estimate of drug-likeness (QED) is 0.710. The average Bonchev–Trinajstić information content (AvgIpc) is 2.16. The van der Waals surface area contributed by atoms with E-state index in [1.807, 2.05) is 12.1 Å². The van der Waals surface area contributed by atoms with Gasteiger partial charge in [-0.25, -0.2) is 0 Å². The molecule has 0 spiro atoms. The van der Waals surface area contributed by atoms with Crippen molar-refractivity contribution in [2.24, 2.45) is 0 Å². The van der Waals surface area contributed by atoms with Gasteiger partial charge in [-0.2, -0.15) is 0 Å². The third-order valence-electron chi connectivity index (χ3n) is 1.32. The van der Waals surface area contributed by atoms with E-state index in [9.17, 15) is 4.79 Å². The van der Waals surface area contributed by atoms with Gasteiger partial charge in [-0.3, -0.25) is 4.79 Å². The predicted octanol–water partition coefficient (Wildman–Crippen LogP) is 0.612. The van der Waals surface area contributed by atoms with Crippen LogP contribution in [0.4, 0.5) is 0 Å². The molecule has 1 N–H and O–H groups in total. The minimum Gasteiger partial charge on any atom is -0.483 e. The Labute approximate surface area is 71.4 Å². The monoisotopic (exact) mass is 164 g/mol. The number of amides is 1. The van der Waals surface area contributed by atoms with Gasteiger partial charge in [0.05, 0.1) is 0 Å². The van der Waals surface area contributed by atoms with Crippen molar-refractivity contribution in [1.82, 2.24) is 5.32 Å². The largest absolute Gasteiger partial charge is 0.483 e. The van der Waals surface area contributed by atoms with Gasteiger partial charge in [-0.15, -0.1) is 0 Å². The van der Waals surface area contributed by atoms with Crippen LogP contribution < -0.4 is 10.1 Å². The molecule has 0 aromatic heterocycles. The van der Waals surface area contributed by atoms with E-state index in [1.54, 1.807) is 19.2 Å². The third-order valence-corrected chi connectivity index (χ3v) is 1.32. The van der Waals surface area contributed by atoms with E-state index in [1.165, 1.54) is 0 Å². The highest BCUT2D eigenvalue weighted by atomic mass is 16.5. The molecule has 1 aromatic rings. The van der Waals surface area contributed by atoms with E-state index in [2.05, 4.69) is 11.4 Å². The van der Waals surface area contributed by atoms with E-state index in [0.29, 0.717) is 5.75 Å². The smallest absolute Gasteiger partial charge is 0.257 e. The lowest BCUT2D eigenvalue weighted by Crippen LogP contribution is -2.24. The van der Waals surface area contributed by atoms with Crippen LogP contribution in [0.1, 0.15) is 0 Å². The van der Waals surface area contributed by atoms with Gasteiger partial charge in [0.1, 0.15) is 5.75 Å². The SMILES string of the molecule is CNC(=O)COc1[c]cccc1. The molecule has 1 aromatic carbocycles. The molecule has 0 unspecified atom stereocenters. The molecule has 1 rings (SSSR count). The fourth-order valence-electron chi connectivity index (χ4n) is 0.682. The molecule has 0 aliphatic carbocycles. The number of likely N-dealkylation sites (N-methyl/N-ethyl adjacent to an activating group) is 1. The molecule has 12 heavy (non-hydrogen) atoms. The van der Waals surface area contributed by atoms with Gasteiger partial charge in [-0.1, -0.05) is 18.2 Å². The third kappa shape index (κ3) is 2.62. The minimum atomic E-state index is -0.146. The number of carbonyl (C=O) groups excluding carboxylic acids is 1. The van der Waals surface area contributed by atoms with Crippen LogP contribution in [0, 0.1) is 6.07 Å². The van der Waals surface area contributed by atoms with Gasteiger partial charge in [0.25, 0.3) is 5.91 Å². The van der Waals surface area contributed by atoms with Gasteiger partial charge in [0, 0.05) is 13.1 Å². The Kier molecular flexibility index (Phi) is 3.14. The van der Waals surface area contributed by atoms with Gasteiger partial charge < -0.3 is 10.1 Å². The Hall–Kier alpha value is -1.51. The maximum absolute atomic E-state index is 10.7. The Morgan fingerprint density at radius 1 is 1.67 bits per heavy atom. The molecule has 3 nitrogen and oxygen atoms in total. The number of rotatable bonds is 3. The number of carbonyl (C=O) groups is 1. The Morgan fingerprint density at radius 2 is 2.50 bits per heavy atom. The van der Waals surface area contributed by atoms with Crippen molar-refractivity contribution in [3.05, 3.63) is 30.3 Å². The van der Waals surface area contributed by atoms with E-state index in [4.69, 9.17) is 4.74 Å². The Morgan fingerprint density at radius 3 is 3.08 bits per heavy atom. The fraction of sp³-hybridized carbons (Fsp3) is 0.222. The zero-order valence-corrected chi connectivity index (χ0v) is 6.83. The predicted molar refractivity (Wildman–Crippen MR) is 44.8 cm³/mol. The lowest BCUT2D eigenvalue weighted by molar-refractivity contribution is -0.122. The first-order valence-electron chi connectivity index (χ1n) is 3.63. The number of para-hydroxylation sites is 1. The molecule has 0 aliphatic heterocycles. The zero-order valence-electron chi connectivity index (χ0n) is 6.83. The van der Waals surface area contributed by atoms with Gasteiger partial charge in [0.15, 0.2) is 6.61 Å². The summed E-state index contributed by atoms with van der Waals surface area (Å²) in [6, 6.07) is 10.0. The highest BCUT2D eigenvalue weighted by Gasteiger charge is 1.97. The summed E-state index contributed by atoms with van der Waals surface area (Å²) in [5.41, 5.74) is 0. The van der Waals surface area contributed by atoms with Gasteiger partial charge in [-0.05, 0) is 6.07 Å². The minimum absolute atomic E-state index is 0.0387. The maximum Gasteiger partial charge on any atom is 0.257 e. The highest BCUT2D eigenvalue weighted by Crippen LogP contribution is 2.06. The summed E-state index contributed by atoms with van der Waals surface area (Å²) in [7, 11) is 1.57. The van der Waals surface area contributed by atoms with Crippen LogP contribution in [0.25, 0.3) is 0 Å². The molecule has 0 saturated carbocycles. The number of hydrogen-bond acceptors (Lipinski definition) is 2. The first kappa shape index (κ1) is 8.59. The molecular formula is C9H10NO2. The van der Waals surface area contributed by atoms with Crippen molar-refractivity contribution in [1.29, 1.82) is 0 Å². The number of benzene rings is 1. The molecule has 0 bridgehead atoms. The van der Waals surface area contributed by atoms with Crippen molar-refractivity contribution < 1.29 is 9.53 Å². The van der Waals surface area contributed by atoms with Crippen LogP contribution in [0.3, 0.4) is 0 Å². The molecule has 1 radical (unpaired) electrons. The number of ether oxygens (including phenoxy) is 1. The average molecular weight is 164 g/mol. The first-order chi connectivity index (χ1) is 5.83. The highest BCUT2D eigenvalue weighted by molar-refractivity contribution is 5.77. The molecule has 3 heteroatoms. The van der Waals surface area contributed by atoms with Crippen LogP contribution in [0.5, 0.6) is 5.75 Å². The van der Waals surface area contributed by atoms with Crippen LogP contribution in [-0.4, -0.2) is 19.6 Å². The molecule has 0 fully saturated rings. The molecule has 0 saturated heterocycles. The second-order valence-electron chi connectivity index (χ2n) is 2.19. The first-order valence-corrected chi connectivity index (χ1v) is 3.63.